The number of rotatable bonds is 4. The fourth-order valence-corrected chi connectivity index (χ4v) is 2.58. The van der Waals surface area contributed by atoms with Gasteiger partial charge in [-0.05, 0) is 44.5 Å². The first-order chi connectivity index (χ1) is 11.0. The molecule has 6 heteroatoms. The number of hydrogen-bond acceptors (Lipinski definition) is 3. The molecule has 5 nitrogen and oxygen atoms in total. The van der Waals surface area contributed by atoms with Gasteiger partial charge in [-0.25, -0.2) is 5.43 Å². The monoisotopic (exact) mass is 328 g/mol. The second-order valence-electron chi connectivity index (χ2n) is 5.17. The number of nitriles is 1. The highest BCUT2D eigenvalue weighted by atomic mass is 35.5. The van der Waals surface area contributed by atoms with Crippen molar-refractivity contribution in [3.8, 4) is 11.8 Å². The molecule has 2 rings (SSSR count). The van der Waals surface area contributed by atoms with Crippen LogP contribution in [0.3, 0.4) is 0 Å². The standard InChI is InChI=1S/C17H17ClN4O/c1-11-9-14(10-20-21-17(23)7-8-19)13(3)22(11)16-6-4-5-15(18)12(16)2/h4-6,9-10H,7H2,1-3H3,(H,21,23)/b20-10+. The number of halogens is 1. The molecule has 1 aromatic heterocycles. The Hall–Kier alpha value is -2.58. The Morgan fingerprint density at radius 2 is 2.17 bits per heavy atom. The molecule has 0 aliphatic heterocycles. The Kier molecular flexibility index (Phi) is 5.20. The number of aromatic nitrogens is 1. The third-order valence-corrected chi connectivity index (χ3v) is 3.99. The van der Waals surface area contributed by atoms with E-state index in [0.29, 0.717) is 5.02 Å². The predicted octanol–water partition coefficient (Wildman–Crippen LogP) is 3.42. The number of hydrogen-bond donors (Lipinski definition) is 1. The summed E-state index contributed by atoms with van der Waals surface area (Å²) in [5.74, 6) is -0.428. The Morgan fingerprint density at radius 1 is 1.43 bits per heavy atom. The summed E-state index contributed by atoms with van der Waals surface area (Å²) in [5.41, 5.74) is 7.26. The summed E-state index contributed by atoms with van der Waals surface area (Å²) >= 11 is 6.21. The van der Waals surface area contributed by atoms with Gasteiger partial charge in [-0.15, -0.1) is 0 Å². The highest BCUT2D eigenvalue weighted by Crippen LogP contribution is 2.26. The molecule has 1 aromatic carbocycles. The molecular weight excluding hydrogens is 312 g/mol. The summed E-state index contributed by atoms with van der Waals surface area (Å²) < 4.78 is 2.10. The van der Waals surface area contributed by atoms with Crippen molar-refractivity contribution in [2.24, 2.45) is 5.10 Å². The summed E-state index contributed by atoms with van der Waals surface area (Å²) in [6.07, 6.45) is 1.37. The third kappa shape index (κ3) is 3.61. The van der Waals surface area contributed by atoms with Crippen LogP contribution in [0.25, 0.3) is 5.69 Å². The van der Waals surface area contributed by atoms with E-state index >= 15 is 0 Å². The minimum Gasteiger partial charge on any atom is -0.318 e. The molecule has 0 aliphatic rings. The average molecular weight is 329 g/mol. The van der Waals surface area contributed by atoms with Gasteiger partial charge in [-0.1, -0.05) is 17.7 Å². The van der Waals surface area contributed by atoms with E-state index in [1.165, 1.54) is 0 Å². The van der Waals surface area contributed by atoms with Crippen LogP contribution in [-0.4, -0.2) is 16.7 Å². The van der Waals surface area contributed by atoms with Crippen LogP contribution in [0, 0.1) is 32.1 Å². The minimum absolute atomic E-state index is 0.210. The van der Waals surface area contributed by atoms with Gasteiger partial charge in [0.2, 0.25) is 0 Å². The summed E-state index contributed by atoms with van der Waals surface area (Å²) in [7, 11) is 0. The molecule has 1 heterocycles. The molecule has 1 N–H and O–H groups in total. The normalized spacial score (nSPS) is 10.7. The highest BCUT2D eigenvalue weighted by molar-refractivity contribution is 6.31. The van der Waals surface area contributed by atoms with E-state index in [9.17, 15) is 4.79 Å². The molecule has 0 saturated carbocycles. The van der Waals surface area contributed by atoms with Crippen molar-refractivity contribution in [2.75, 3.05) is 0 Å². The molecule has 0 spiro atoms. The lowest BCUT2D eigenvalue weighted by Gasteiger charge is -2.13. The van der Waals surface area contributed by atoms with Crippen LogP contribution in [0.1, 0.15) is 28.9 Å². The second kappa shape index (κ2) is 7.12. The fraction of sp³-hybridized carbons (Fsp3) is 0.235. The maximum atomic E-state index is 11.2. The van der Waals surface area contributed by atoms with E-state index in [-0.39, 0.29) is 6.42 Å². The van der Waals surface area contributed by atoms with Crippen LogP contribution in [-0.2, 0) is 4.79 Å². The average Bonchev–Trinajstić information content (AvgIpc) is 2.77. The number of hydrazone groups is 1. The van der Waals surface area contributed by atoms with E-state index < -0.39 is 5.91 Å². The molecule has 0 saturated heterocycles. The zero-order valence-electron chi connectivity index (χ0n) is 13.2. The van der Waals surface area contributed by atoms with Crippen molar-refractivity contribution >= 4 is 23.7 Å². The Bertz CT molecular complexity index is 815. The van der Waals surface area contributed by atoms with Gasteiger partial charge in [0.15, 0.2) is 0 Å². The van der Waals surface area contributed by atoms with Crippen molar-refractivity contribution in [1.29, 1.82) is 5.26 Å². The van der Waals surface area contributed by atoms with Crippen molar-refractivity contribution in [1.82, 2.24) is 9.99 Å². The highest BCUT2D eigenvalue weighted by Gasteiger charge is 2.12. The Morgan fingerprint density at radius 3 is 2.87 bits per heavy atom. The molecule has 0 aliphatic carbocycles. The molecule has 0 fully saturated rings. The smallest absolute Gasteiger partial charge is 0.254 e. The second-order valence-corrected chi connectivity index (χ2v) is 5.58. The van der Waals surface area contributed by atoms with E-state index in [4.69, 9.17) is 16.9 Å². The topological polar surface area (TPSA) is 70.2 Å². The molecular formula is C17H17ClN4O. The number of benzene rings is 1. The zero-order chi connectivity index (χ0) is 17.0. The Balaban J connectivity index is 2.34. The number of carbonyl (C=O) groups excluding carboxylic acids is 1. The van der Waals surface area contributed by atoms with Crippen molar-refractivity contribution < 1.29 is 4.79 Å². The predicted molar refractivity (Wildman–Crippen MR) is 91.0 cm³/mol. The van der Waals surface area contributed by atoms with E-state index in [1.807, 2.05) is 45.0 Å². The van der Waals surface area contributed by atoms with E-state index in [0.717, 1.165) is 28.2 Å². The maximum absolute atomic E-state index is 11.2. The molecule has 1 amide bonds. The lowest BCUT2D eigenvalue weighted by molar-refractivity contribution is -0.120. The van der Waals surface area contributed by atoms with Gasteiger partial charge in [0.1, 0.15) is 6.42 Å². The summed E-state index contributed by atoms with van der Waals surface area (Å²) in [6, 6.07) is 9.54. The van der Waals surface area contributed by atoms with E-state index in [2.05, 4.69) is 15.1 Å². The fourth-order valence-electron chi connectivity index (χ4n) is 2.41. The minimum atomic E-state index is -0.428. The SMILES string of the molecule is Cc1c(Cl)cccc1-n1c(C)cc(/C=N/NC(=O)CC#N)c1C. The van der Waals surface area contributed by atoms with Crippen molar-refractivity contribution in [3.63, 3.8) is 0 Å². The van der Waals surface area contributed by atoms with Crippen molar-refractivity contribution in [2.45, 2.75) is 27.2 Å². The number of carbonyl (C=O) groups is 1. The zero-order valence-corrected chi connectivity index (χ0v) is 14.0. The van der Waals surface area contributed by atoms with Crippen LogP contribution >= 0.6 is 11.6 Å². The maximum Gasteiger partial charge on any atom is 0.254 e. The number of amides is 1. The molecule has 118 valence electrons. The van der Waals surface area contributed by atoms with Crippen LogP contribution in [0.4, 0.5) is 0 Å². The van der Waals surface area contributed by atoms with Crippen LogP contribution in [0.2, 0.25) is 5.02 Å². The lowest BCUT2D eigenvalue weighted by Crippen LogP contribution is -2.16. The quantitative estimate of drug-likeness (QED) is 0.690. The van der Waals surface area contributed by atoms with Crippen molar-refractivity contribution in [3.05, 3.63) is 51.8 Å². The van der Waals surface area contributed by atoms with Gasteiger partial charge >= 0.3 is 0 Å². The third-order valence-electron chi connectivity index (χ3n) is 3.58. The number of nitrogens with one attached hydrogen (secondary N) is 1. The van der Waals surface area contributed by atoms with Crippen LogP contribution in [0.5, 0.6) is 0 Å². The van der Waals surface area contributed by atoms with E-state index in [1.54, 1.807) is 12.3 Å². The summed E-state index contributed by atoms with van der Waals surface area (Å²) in [6.45, 7) is 5.96. The van der Waals surface area contributed by atoms with Gasteiger partial charge in [-0.3, -0.25) is 4.79 Å². The first-order valence-corrected chi connectivity index (χ1v) is 7.46. The summed E-state index contributed by atoms with van der Waals surface area (Å²) in [5, 5.41) is 13.0. The molecule has 23 heavy (non-hydrogen) atoms. The summed E-state index contributed by atoms with van der Waals surface area (Å²) in [4.78, 5) is 11.2. The first-order valence-electron chi connectivity index (χ1n) is 7.09. The largest absolute Gasteiger partial charge is 0.318 e. The Labute approximate surface area is 140 Å². The molecule has 0 bridgehead atoms. The molecule has 2 aromatic rings. The van der Waals surface area contributed by atoms with Crippen LogP contribution in [0.15, 0.2) is 29.4 Å². The molecule has 0 unspecified atom stereocenters. The van der Waals surface area contributed by atoms with Gasteiger partial charge in [0, 0.05) is 27.7 Å². The number of nitrogens with zero attached hydrogens (tertiary/aromatic N) is 3. The van der Waals surface area contributed by atoms with Crippen LogP contribution < -0.4 is 5.43 Å². The van der Waals surface area contributed by atoms with Gasteiger partial charge in [0.05, 0.1) is 12.3 Å². The molecule has 0 radical (unpaired) electrons. The molecule has 0 atom stereocenters. The van der Waals surface area contributed by atoms with Gasteiger partial charge in [0.25, 0.3) is 5.91 Å². The number of aryl methyl sites for hydroxylation is 1. The lowest BCUT2D eigenvalue weighted by atomic mass is 10.2. The van der Waals surface area contributed by atoms with Gasteiger partial charge in [-0.2, -0.15) is 10.4 Å². The van der Waals surface area contributed by atoms with Gasteiger partial charge < -0.3 is 4.57 Å². The first kappa shape index (κ1) is 16.8.